The molecule has 0 aliphatic heterocycles. The lowest BCUT2D eigenvalue weighted by Gasteiger charge is -2.03. The Morgan fingerprint density at radius 3 is 2.77 bits per heavy atom. The highest BCUT2D eigenvalue weighted by Crippen LogP contribution is 2.24. The van der Waals surface area contributed by atoms with E-state index in [9.17, 15) is 4.79 Å². The first-order valence-corrected chi connectivity index (χ1v) is 5.53. The normalized spacial score (nSPS) is 10.0. The monoisotopic (exact) mass is 214 g/mol. The van der Waals surface area contributed by atoms with Crippen molar-refractivity contribution in [1.29, 1.82) is 0 Å². The zero-order chi connectivity index (χ0) is 9.68. The molecule has 3 heteroatoms. The summed E-state index contributed by atoms with van der Waals surface area (Å²) in [6.07, 6.45) is 1.09. The molecule has 0 saturated carbocycles. The van der Waals surface area contributed by atoms with Gasteiger partial charge < -0.3 is 0 Å². The smallest absolute Gasteiger partial charge is 0.253 e. The van der Waals surface area contributed by atoms with Gasteiger partial charge in [-0.2, -0.15) is 0 Å². The van der Waals surface area contributed by atoms with Gasteiger partial charge in [0.1, 0.15) is 0 Å². The molecule has 0 bridgehead atoms. The second-order valence-corrected chi connectivity index (χ2v) is 4.10. The first-order valence-electron chi connectivity index (χ1n) is 4.17. The molecule has 0 aromatic heterocycles. The van der Waals surface area contributed by atoms with E-state index in [-0.39, 0.29) is 5.24 Å². The second kappa shape index (κ2) is 5.30. The van der Waals surface area contributed by atoms with Gasteiger partial charge in [0.15, 0.2) is 0 Å². The van der Waals surface area contributed by atoms with Crippen LogP contribution in [-0.4, -0.2) is 11.0 Å². The molecule has 0 atom stereocenters. The van der Waals surface area contributed by atoms with Gasteiger partial charge in [-0.15, -0.1) is 11.8 Å². The van der Waals surface area contributed by atoms with Crippen molar-refractivity contribution in [2.45, 2.75) is 18.2 Å². The molecule has 1 rings (SSSR count). The molecule has 0 spiro atoms. The minimum atomic E-state index is -0.376. The fourth-order valence-electron chi connectivity index (χ4n) is 0.967. The standard InChI is InChI=1S/C10H11ClOS/c1-2-7-13-9-6-4-3-5-8(9)10(11)12/h3-6H,2,7H2,1H3. The highest BCUT2D eigenvalue weighted by molar-refractivity contribution is 7.99. The van der Waals surface area contributed by atoms with Gasteiger partial charge in [0.25, 0.3) is 5.24 Å². The van der Waals surface area contributed by atoms with Crippen LogP contribution in [0, 0.1) is 0 Å². The van der Waals surface area contributed by atoms with Gasteiger partial charge in [0.05, 0.1) is 0 Å². The summed E-state index contributed by atoms with van der Waals surface area (Å²) < 4.78 is 0. The molecule has 0 N–H and O–H groups in total. The molecular weight excluding hydrogens is 204 g/mol. The summed E-state index contributed by atoms with van der Waals surface area (Å²) in [5, 5.41) is -0.376. The number of halogens is 1. The molecule has 13 heavy (non-hydrogen) atoms. The lowest BCUT2D eigenvalue weighted by Crippen LogP contribution is -1.91. The van der Waals surface area contributed by atoms with Crippen molar-refractivity contribution in [3.63, 3.8) is 0 Å². The lowest BCUT2D eigenvalue weighted by atomic mass is 10.2. The maximum absolute atomic E-state index is 11.0. The molecule has 1 aromatic rings. The van der Waals surface area contributed by atoms with Gasteiger partial charge in [-0.3, -0.25) is 4.79 Å². The van der Waals surface area contributed by atoms with Crippen LogP contribution in [0.15, 0.2) is 29.2 Å². The van der Waals surface area contributed by atoms with Crippen LogP contribution in [0.1, 0.15) is 23.7 Å². The molecule has 0 fully saturated rings. The Balaban J connectivity index is 2.84. The van der Waals surface area contributed by atoms with Crippen molar-refractivity contribution >= 4 is 28.6 Å². The summed E-state index contributed by atoms with van der Waals surface area (Å²) in [5.74, 6) is 1.02. The second-order valence-electron chi connectivity index (χ2n) is 2.62. The molecule has 70 valence electrons. The molecule has 0 radical (unpaired) electrons. The number of rotatable bonds is 4. The maximum Gasteiger partial charge on any atom is 0.253 e. The maximum atomic E-state index is 11.0. The van der Waals surface area contributed by atoms with Gasteiger partial charge in [-0.25, -0.2) is 0 Å². The number of hydrogen-bond acceptors (Lipinski definition) is 2. The van der Waals surface area contributed by atoms with Crippen molar-refractivity contribution in [2.24, 2.45) is 0 Å². The van der Waals surface area contributed by atoms with E-state index < -0.39 is 0 Å². The van der Waals surface area contributed by atoms with Crippen LogP contribution in [0.5, 0.6) is 0 Å². The average Bonchev–Trinajstić information content (AvgIpc) is 2.15. The van der Waals surface area contributed by atoms with E-state index in [1.807, 2.05) is 18.2 Å². The van der Waals surface area contributed by atoms with Crippen LogP contribution in [-0.2, 0) is 0 Å². The van der Waals surface area contributed by atoms with Crippen LogP contribution in [0.25, 0.3) is 0 Å². The van der Waals surface area contributed by atoms with E-state index in [0.717, 1.165) is 17.1 Å². The summed E-state index contributed by atoms with van der Waals surface area (Å²) in [6.45, 7) is 2.11. The van der Waals surface area contributed by atoms with Gasteiger partial charge in [0, 0.05) is 10.5 Å². The highest BCUT2D eigenvalue weighted by Gasteiger charge is 2.07. The van der Waals surface area contributed by atoms with Gasteiger partial charge in [-0.1, -0.05) is 19.1 Å². The van der Waals surface area contributed by atoms with Crippen molar-refractivity contribution in [2.75, 3.05) is 5.75 Å². The summed E-state index contributed by atoms with van der Waals surface area (Å²) in [4.78, 5) is 12.0. The van der Waals surface area contributed by atoms with E-state index in [1.54, 1.807) is 17.8 Å². The molecule has 0 aliphatic rings. The third-order valence-electron chi connectivity index (χ3n) is 1.56. The largest absolute Gasteiger partial charge is 0.276 e. The Morgan fingerprint density at radius 2 is 2.15 bits per heavy atom. The molecule has 0 aliphatic carbocycles. The van der Waals surface area contributed by atoms with Crippen molar-refractivity contribution in [1.82, 2.24) is 0 Å². The number of carbonyl (C=O) groups excluding carboxylic acids is 1. The van der Waals surface area contributed by atoms with E-state index in [1.165, 1.54) is 0 Å². The topological polar surface area (TPSA) is 17.1 Å². The summed E-state index contributed by atoms with van der Waals surface area (Å²) >= 11 is 7.11. The number of thioether (sulfide) groups is 1. The fraction of sp³-hybridized carbons (Fsp3) is 0.300. The zero-order valence-corrected chi connectivity index (χ0v) is 8.99. The minimum absolute atomic E-state index is 0.376. The third kappa shape index (κ3) is 3.05. The van der Waals surface area contributed by atoms with Crippen LogP contribution in [0.4, 0.5) is 0 Å². The Labute approximate surface area is 87.5 Å². The van der Waals surface area contributed by atoms with Gasteiger partial charge >= 0.3 is 0 Å². The first kappa shape index (κ1) is 10.6. The Hall–Kier alpha value is -0.470. The van der Waals surface area contributed by atoms with Crippen molar-refractivity contribution in [3.8, 4) is 0 Å². The SMILES string of the molecule is CCCSc1ccccc1C(=O)Cl. The fourth-order valence-corrected chi connectivity index (χ4v) is 2.10. The van der Waals surface area contributed by atoms with Crippen LogP contribution in [0.3, 0.4) is 0 Å². The molecule has 0 unspecified atom stereocenters. The van der Waals surface area contributed by atoms with Crippen molar-refractivity contribution in [3.05, 3.63) is 29.8 Å². The van der Waals surface area contributed by atoms with E-state index >= 15 is 0 Å². The predicted octanol–water partition coefficient (Wildman–Crippen LogP) is 3.57. The number of carbonyl (C=O) groups is 1. The molecule has 0 saturated heterocycles. The molecule has 0 heterocycles. The molecule has 1 aromatic carbocycles. The Morgan fingerprint density at radius 1 is 1.46 bits per heavy atom. The number of hydrogen-bond donors (Lipinski definition) is 0. The summed E-state index contributed by atoms with van der Waals surface area (Å²) in [6, 6.07) is 7.43. The van der Waals surface area contributed by atoms with Crippen LogP contribution in [0.2, 0.25) is 0 Å². The third-order valence-corrected chi connectivity index (χ3v) is 3.04. The van der Waals surface area contributed by atoms with E-state index in [2.05, 4.69) is 6.92 Å². The van der Waals surface area contributed by atoms with Gasteiger partial charge in [0.2, 0.25) is 0 Å². The van der Waals surface area contributed by atoms with E-state index in [0.29, 0.717) is 5.56 Å². The highest BCUT2D eigenvalue weighted by atomic mass is 35.5. The first-order chi connectivity index (χ1) is 6.25. The minimum Gasteiger partial charge on any atom is -0.276 e. The molecule has 0 amide bonds. The average molecular weight is 215 g/mol. The molecular formula is C10H11ClOS. The molecule has 1 nitrogen and oxygen atoms in total. The number of benzene rings is 1. The van der Waals surface area contributed by atoms with E-state index in [4.69, 9.17) is 11.6 Å². The Bertz CT molecular complexity index is 299. The summed E-state index contributed by atoms with van der Waals surface area (Å²) in [5.41, 5.74) is 0.614. The zero-order valence-electron chi connectivity index (χ0n) is 7.42. The lowest BCUT2D eigenvalue weighted by molar-refractivity contribution is 0.107. The predicted molar refractivity (Wildman–Crippen MR) is 57.6 cm³/mol. The van der Waals surface area contributed by atoms with Crippen molar-refractivity contribution < 1.29 is 4.79 Å². The Kier molecular flexibility index (Phi) is 4.33. The van der Waals surface area contributed by atoms with Gasteiger partial charge in [-0.05, 0) is 35.9 Å². The van der Waals surface area contributed by atoms with Crippen LogP contribution < -0.4 is 0 Å². The van der Waals surface area contributed by atoms with Crippen LogP contribution >= 0.6 is 23.4 Å². The quantitative estimate of drug-likeness (QED) is 0.563. The summed E-state index contributed by atoms with van der Waals surface area (Å²) in [7, 11) is 0.